The summed E-state index contributed by atoms with van der Waals surface area (Å²) in [7, 11) is 1.31. The summed E-state index contributed by atoms with van der Waals surface area (Å²) in [5.41, 5.74) is 4.17. The molecule has 0 saturated heterocycles. The Morgan fingerprint density at radius 1 is 1.06 bits per heavy atom. The minimum Gasteiger partial charge on any atom is -0.481 e. The van der Waals surface area contributed by atoms with Crippen LogP contribution in [0.15, 0.2) is 30.4 Å². The number of hydrogen-bond donors (Lipinski definition) is 2. The van der Waals surface area contributed by atoms with Crippen LogP contribution in [0.4, 0.5) is 5.00 Å². The van der Waals surface area contributed by atoms with Gasteiger partial charge in [-0.3, -0.25) is 9.59 Å². The topological polar surface area (TPSA) is 92.7 Å². The molecule has 2 bridgehead atoms. The second kappa shape index (κ2) is 7.96. The predicted octanol–water partition coefficient (Wildman–Crippen LogP) is 4.59. The first-order chi connectivity index (χ1) is 14.7. The number of carboxylic acid groups (broad SMARTS) is 1. The molecule has 7 heteroatoms. The fraction of sp³-hybridized carbons (Fsp3) is 0.375. The van der Waals surface area contributed by atoms with Crippen LogP contribution < -0.4 is 5.32 Å². The van der Waals surface area contributed by atoms with E-state index in [-0.39, 0.29) is 17.7 Å². The van der Waals surface area contributed by atoms with E-state index in [2.05, 4.69) is 5.32 Å². The van der Waals surface area contributed by atoms with E-state index in [9.17, 15) is 19.5 Å². The summed E-state index contributed by atoms with van der Waals surface area (Å²) in [5, 5.41) is 12.9. The fourth-order valence-electron chi connectivity index (χ4n) is 4.89. The smallest absolute Gasteiger partial charge is 0.341 e. The number of methoxy groups -OCH3 is 1. The zero-order chi connectivity index (χ0) is 22.4. The van der Waals surface area contributed by atoms with Crippen LogP contribution in [0.5, 0.6) is 0 Å². The van der Waals surface area contributed by atoms with Gasteiger partial charge in [0.15, 0.2) is 0 Å². The molecule has 0 aliphatic heterocycles. The summed E-state index contributed by atoms with van der Waals surface area (Å²) in [6.07, 6.45) is 4.52. The van der Waals surface area contributed by atoms with Crippen LogP contribution in [0.2, 0.25) is 0 Å². The zero-order valence-electron chi connectivity index (χ0n) is 17.9. The molecule has 2 N–H and O–H groups in total. The Morgan fingerprint density at radius 2 is 1.74 bits per heavy atom. The molecule has 1 fully saturated rings. The van der Waals surface area contributed by atoms with E-state index in [1.807, 2.05) is 51.1 Å². The van der Waals surface area contributed by atoms with E-state index in [1.54, 1.807) is 0 Å². The summed E-state index contributed by atoms with van der Waals surface area (Å²) in [5.74, 6) is -3.44. The molecule has 1 aromatic carbocycles. The Bertz CT molecular complexity index is 1120. The quantitative estimate of drug-likeness (QED) is 0.525. The molecule has 1 heterocycles. The van der Waals surface area contributed by atoms with E-state index in [0.717, 1.165) is 27.1 Å². The number of thiophene rings is 1. The molecule has 0 radical (unpaired) electrons. The molecule has 2 aliphatic rings. The van der Waals surface area contributed by atoms with Crippen LogP contribution in [-0.2, 0) is 14.3 Å². The molecule has 0 unspecified atom stereocenters. The van der Waals surface area contributed by atoms with E-state index in [1.165, 1.54) is 18.4 Å². The standard InChI is InChI=1S/C24H25NO5S/c1-11-5-6-14(9-12(11)2)17-13(3)31-22(20(17)24(29)30-4)25-21(26)18-15-7-8-16(10-15)19(18)23(27)28/h5-9,15-16,18-19H,10H2,1-4H3,(H,25,26)(H,27,28)/t15-,16+,18-,19+/m1/s1. The van der Waals surface area contributed by atoms with Crippen LogP contribution >= 0.6 is 11.3 Å². The minimum absolute atomic E-state index is 0.0899. The lowest BCUT2D eigenvalue weighted by atomic mass is 9.82. The van der Waals surface area contributed by atoms with Gasteiger partial charge in [0, 0.05) is 10.4 Å². The first-order valence-electron chi connectivity index (χ1n) is 10.2. The number of ether oxygens (including phenoxy) is 1. The number of esters is 1. The van der Waals surface area contributed by atoms with Crippen molar-refractivity contribution in [3.8, 4) is 11.1 Å². The number of amides is 1. The van der Waals surface area contributed by atoms with Gasteiger partial charge in [-0.05, 0) is 55.7 Å². The highest BCUT2D eigenvalue weighted by Gasteiger charge is 2.51. The summed E-state index contributed by atoms with van der Waals surface area (Å²) in [4.78, 5) is 38.6. The van der Waals surface area contributed by atoms with Crippen molar-refractivity contribution in [1.82, 2.24) is 0 Å². The maximum Gasteiger partial charge on any atom is 0.341 e. The molecule has 2 aliphatic carbocycles. The lowest BCUT2D eigenvalue weighted by Crippen LogP contribution is -2.36. The van der Waals surface area contributed by atoms with Crippen LogP contribution in [0.3, 0.4) is 0 Å². The molecule has 31 heavy (non-hydrogen) atoms. The SMILES string of the molecule is COC(=O)c1c(NC(=O)[C@H]2[C@@H](C(=O)O)[C@H]3C=C[C@@H]2C3)sc(C)c1-c1ccc(C)c(C)c1. The Morgan fingerprint density at radius 3 is 2.35 bits per heavy atom. The number of aliphatic carboxylic acids is 1. The van der Waals surface area contributed by atoms with E-state index >= 15 is 0 Å². The van der Waals surface area contributed by atoms with Gasteiger partial charge in [-0.25, -0.2) is 4.79 Å². The lowest BCUT2D eigenvalue weighted by Gasteiger charge is -2.23. The van der Waals surface area contributed by atoms with Crippen molar-refractivity contribution in [2.45, 2.75) is 27.2 Å². The van der Waals surface area contributed by atoms with Gasteiger partial charge in [-0.2, -0.15) is 0 Å². The Balaban J connectivity index is 1.73. The number of hydrogen-bond acceptors (Lipinski definition) is 5. The van der Waals surface area contributed by atoms with E-state index in [0.29, 0.717) is 17.0 Å². The Hall–Kier alpha value is -2.93. The molecule has 1 amide bonds. The first kappa shape index (κ1) is 21.3. The molecule has 1 aromatic heterocycles. The Labute approximate surface area is 184 Å². The molecule has 6 nitrogen and oxygen atoms in total. The number of fused-ring (bicyclic) bond motifs is 2. The number of aryl methyl sites for hydroxylation is 3. The van der Waals surface area contributed by atoms with Crippen molar-refractivity contribution >= 4 is 34.2 Å². The molecule has 162 valence electrons. The van der Waals surface area contributed by atoms with Crippen molar-refractivity contribution in [1.29, 1.82) is 0 Å². The number of anilines is 1. The second-order valence-electron chi connectivity index (χ2n) is 8.36. The molecular formula is C24H25NO5S. The van der Waals surface area contributed by atoms with Crippen LogP contribution in [0.1, 0.15) is 32.8 Å². The van der Waals surface area contributed by atoms with Crippen LogP contribution in [0, 0.1) is 44.4 Å². The number of nitrogens with one attached hydrogen (secondary N) is 1. The highest BCUT2D eigenvalue weighted by molar-refractivity contribution is 7.17. The fourth-order valence-corrected chi connectivity index (χ4v) is 5.95. The van der Waals surface area contributed by atoms with Crippen molar-refractivity contribution in [2.75, 3.05) is 12.4 Å². The number of carbonyl (C=O) groups is 3. The third kappa shape index (κ3) is 3.57. The lowest BCUT2D eigenvalue weighted by molar-refractivity contribution is -0.146. The first-order valence-corrected chi connectivity index (χ1v) is 11.1. The second-order valence-corrected chi connectivity index (χ2v) is 9.58. The van der Waals surface area contributed by atoms with Crippen LogP contribution in [0.25, 0.3) is 11.1 Å². The van der Waals surface area contributed by atoms with E-state index in [4.69, 9.17) is 4.74 Å². The zero-order valence-corrected chi connectivity index (χ0v) is 18.7. The summed E-state index contributed by atoms with van der Waals surface area (Å²) >= 11 is 1.31. The normalized spacial score (nSPS) is 23.7. The maximum absolute atomic E-state index is 13.2. The van der Waals surface area contributed by atoms with Gasteiger partial charge in [-0.15, -0.1) is 11.3 Å². The van der Waals surface area contributed by atoms with Gasteiger partial charge in [0.05, 0.1) is 18.9 Å². The number of benzene rings is 1. The summed E-state index contributed by atoms with van der Waals surface area (Å²) in [6, 6.07) is 5.97. The number of carbonyl (C=O) groups excluding carboxylic acids is 2. The van der Waals surface area contributed by atoms with Gasteiger partial charge < -0.3 is 15.2 Å². The summed E-state index contributed by atoms with van der Waals surface area (Å²) < 4.78 is 5.03. The molecule has 2 aromatic rings. The predicted molar refractivity (Wildman–Crippen MR) is 119 cm³/mol. The van der Waals surface area contributed by atoms with Crippen molar-refractivity contribution in [3.63, 3.8) is 0 Å². The molecule has 0 spiro atoms. The Kier molecular flexibility index (Phi) is 5.47. The molecule has 4 rings (SSSR count). The van der Waals surface area contributed by atoms with Crippen molar-refractivity contribution in [2.24, 2.45) is 23.7 Å². The van der Waals surface area contributed by atoms with Gasteiger partial charge >= 0.3 is 11.9 Å². The molecule has 1 saturated carbocycles. The third-order valence-corrected chi connectivity index (χ3v) is 7.57. The van der Waals surface area contributed by atoms with Gasteiger partial charge in [0.25, 0.3) is 0 Å². The maximum atomic E-state index is 13.2. The van der Waals surface area contributed by atoms with Gasteiger partial charge in [0.2, 0.25) is 5.91 Å². The monoisotopic (exact) mass is 439 g/mol. The average Bonchev–Trinajstić information content (AvgIpc) is 3.42. The molecular weight excluding hydrogens is 414 g/mol. The largest absolute Gasteiger partial charge is 0.481 e. The number of allylic oxidation sites excluding steroid dienone is 2. The van der Waals surface area contributed by atoms with Gasteiger partial charge in [-0.1, -0.05) is 30.4 Å². The average molecular weight is 440 g/mol. The van der Waals surface area contributed by atoms with Crippen molar-refractivity contribution < 1.29 is 24.2 Å². The highest BCUT2D eigenvalue weighted by Crippen LogP contribution is 2.49. The third-order valence-electron chi connectivity index (χ3n) is 6.55. The highest BCUT2D eigenvalue weighted by atomic mass is 32.1. The minimum atomic E-state index is -0.955. The van der Waals surface area contributed by atoms with Gasteiger partial charge in [0.1, 0.15) is 10.6 Å². The summed E-state index contributed by atoms with van der Waals surface area (Å²) in [6.45, 7) is 5.93. The van der Waals surface area contributed by atoms with Crippen molar-refractivity contribution in [3.05, 3.63) is 51.9 Å². The number of carboxylic acids is 1. The number of rotatable bonds is 5. The molecule has 4 atom stereocenters. The van der Waals surface area contributed by atoms with E-state index < -0.39 is 23.8 Å². The van der Waals surface area contributed by atoms with Crippen LogP contribution in [-0.4, -0.2) is 30.1 Å².